The Morgan fingerprint density at radius 3 is 2.38 bits per heavy atom. The molecule has 12 nitrogen and oxygen atoms in total. The van der Waals surface area contributed by atoms with E-state index in [9.17, 15) is 18.5 Å². The maximum atomic E-state index is 15.8. The minimum Gasteiger partial charge on any atom is -0.375 e. The zero-order chi connectivity index (χ0) is 31.0. The predicted molar refractivity (Wildman–Crippen MR) is 159 cm³/mol. The highest BCUT2D eigenvalue weighted by Crippen LogP contribution is 2.45. The number of alkyl halides is 2. The van der Waals surface area contributed by atoms with E-state index in [0.717, 1.165) is 6.42 Å². The molecule has 4 fully saturated rings. The average molecular weight is 642 g/mol. The maximum absolute atomic E-state index is 15.8. The minimum atomic E-state index is -3.98. The second-order valence-electron chi connectivity index (χ2n) is 13.1. The van der Waals surface area contributed by atoms with E-state index in [4.69, 9.17) is 4.74 Å². The Labute approximate surface area is 252 Å². The minimum absolute atomic E-state index is 0.0216. The number of ether oxygens (including phenoxy) is 1. The number of hydrazine groups is 1. The molecule has 4 rings (SSSR count). The number of thioether (sulfide) groups is 1. The van der Waals surface area contributed by atoms with E-state index in [1.807, 2.05) is 19.0 Å². The van der Waals surface area contributed by atoms with Gasteiger partial charge >= 0.3 is 0 Å². The van der Waals surface area contributed by atoms with Gasteiger partial charge in [0.25, 0.3) is 0 Å². The molecule has 0 amide bonds. The third-order valence-corrected chi connectivity index (χ3v) is 14.2. The highest BCUT2D eigenvalue weighted by molar-refractivity contribution is 8.00. The first kappa shape index (κ1) is 34.2. The summed E-state index contributed by atoms with van der Waals surface area (Å²) < 4.78 is 62.9. The zero-order valence-corrected chi connectivity index (χ0v) is 27.0. The van der Waals surface area contributed by atoms with E-state index in [-0.39, 0.29) is 55.8 Å². The fraction of sp³-hybridized carbons (Fsp3) is 1.00. The van der Waals surface area contributed by atoms with Crippen molar-refractivity contribution in [2.45, 2.75) is 135 Å². The van der Waals surface area contributed by atoms with Crippen LogP contribution < -0.4 is 26.8 Å². The number of methoxy groups -OCH3 is 1. The molecule has 42 heavy (non-hydrogen) atoms. The largest absolute Gasteiger partial charge is 0.375 e. The number of sulfone groups is 1. The topological polar surface area (TPSA) is 150 Å². The van der Waals surface area contributed by atoms with Crippen LogP contribution in [0.1, 0.15) is 65.7 Å². The fourth-order valence-corrected chi connectivity index (χ4v) is 10.9. The van der Waals surface area contributed by atoms with Gasteiger partial charge in [0.2, 0.25) is 6.04 Å². The first-order chi connectivity index (χ1) is 19.7. The molecule has 2 saturated carbocycles. The van der Waals surface area contributed by atoms with Crippen molar-refractivity contribution in [3.8, 4) is 0 Å². The standard InChI is InChI=1S/C26H49F2N7O5S2/c1-14-12-20(33-32-14)29-23-22(40-6)24(34(4)5)31-25(30-23)41-19-11-10-15(13-17(19)27)42(38,39)26(2,3)16-8-7-9-18(21(16)28)35(36)37/h14-25,29-33H,7-13H2,1-6H3. The molecule has 2 aliphatic carbocycles. The summed E-state index contributed by atoms with van der Waals surface area (Å²) in [4.78, 5) is 12.8. The van der Waals surface area contributed by atoms with Crippen molar-refractivity contribution >= 4 is 21.6 Å². The summed E-state index contributed by atoms with van der Waals surface area (Å²) in [5.41, 5.74) is 6.12. The molecule has 2 heterocycles. The van der Waals surface area contributed by atoms with Crippen molar-refractivity contribution in [3.05, 3.63) is 10.1 Å². The molecule has 0 aromatic rings. The lowest BCUT2D eigenvalue weighted by molar-refractivity contribution is -0.536. The molecule has 5 N–H and O–H groups in total. The Balaban J connectivity index is 1.41. The number of nitrogens with one attached hydrogen (secondary N) is 5. The monoisotopic (exact) mass is 641 g/mol. The predicted octanol–water partition coefficient (Wildman–Crippen LogP) is 1.46. The van der Waals surface area contributed by atoms with Crippen molar-refractivity contribution in [2.24, 2.45) is 5.92 Å². The average Bonchev–Trinajstić information content (AvgIpc) is 3.33. The second-order valence-corrected chi connectivity index (χ2v) is 17.2. The van der Waals surface area contributed by atoms with Gasteiger partial charge in [-0.25, -0.2) is 22.6 Å². The molecular weight excluding hydrogens is 592 g/mol. The third kappa shape index (κ3) is 7.06. The Morgan fingerprint density at radius 2 is 1.81 bits per heavy atom. The summed E-state index contributed by atoms with van der Waals surface area (Å²) in [6.45, 7) is 5.01. The van der Waals surface area contributed by atoms with Gasteiger partial charge in [-0.15, -0.1) is 11.8 Å². The van der Waals surface area contributed by atoms with Crippen LogP contribution >= 0.6 is 11.8 Å². The van der Waals surface area contributed by atoms with Crippen LogP contribution in [-0.4, -0.2) is 109 Å². The second kappa shape index (κ2) is 13.7. The SMILES string of the molecule is COC1C(NC2CC(C)NN2)NC(SC2CCC(S(=O)(=O)C(C)(C)C3CCCC([N+](=O)[O-])C3F)CC2F)NC1N(C)C. The molecule has 2 saturated heterocycles. The van der Waals surface area contributed by atoms with Crippen molar-refractivity contribution in [2.75, 3.05) is 21.2 Å². The molecule has 0 aromatic carbocycles. The van der Waals surface area contributed by atoms with Gasteiger partial charge in [0.15, 0.2) is 16.0 Å². The number of halogens is 2. The molecule has 4 aliphatic rings. The lowest BCUT2D eigenvalue weighted by Gasteiger charge is -2.47. The van der Waals surface area contributed by atoms with Gasteiger partial charge in [-0.3, -0.25) is 36.4 Å². The molecular formula is C26H49F2N7O5S2. The molecule has 0 spiro atoms. The van der Waals surface area contributed by atoms with Crippen molar-refractivity contribution < 1.29 is 26.9 Å². The fourth-order valence-electron chi connectivity index (χ4n) is 7.10. The van der Waals surface area contributed by atoms with Crippen LogP contribution in [0.3, 0.4) is 0 Å². The van der Waals surface area contributed by atoms with Gasteiger partial charge in [-0.1, -0.05) is 0 Å². The zero-order valence-electron chi connectivity index (χ0n) is 25.4. The van der Waals surface area contributed by atoms with Crippen LogP contribution in [0, 0.1) is 16.0 Å². The molecule has 12 unspecified atom stereocenters. The van der Waals surface area contributed by atoms with E-state index in [2.05, 4.69) is 33.7 Å². The normalized spacial score (nSPS) is 42.1. The summed E-state index contributed by atoms with van der Waals surface area (Å²) in [7, 11) is 1.58. The first-order valence-electron chi connectivity index (χ1n) is 15.0. The van der Waals surface area contributed by atoms with Crippen molar-refractivity contribution in [1.82, 2.24) is 31.7 Å². The van der Waals surface area contributed by atoms with Crippen LogP contribution in [-0.2, 0) is 14.6 Å². The van der Waals surface area contributed by atoms with E-state index >= 15 is 8.78 Å². The van der Waals surface area contributed by atoms with Gasteiger partial charge in [0.05, 0.1) is 28.5 Å². The summed E-state index contributed by atoms with van der Waals surface area (Å²) in [6, 6.07) is -1.09. The van der Waals surface area contributed by atoms with Gasteiger partial charge in [-0.2, -0.15) is 0 Å². The molecule has 12 atom stereocenters. The van der Waals surface area contributed by atoms with E-state index in [1.54, 1.807) is 7.11 Å². The molecule has 16 heteroatoms. The molecule has 0 aromatic heterocycles. The Bertz CT molecular complexity index is 1040. The van der Waals surface area contributed by atoms with Crippen LogP contribution in [0.2, 0.25) is 0 Å². The highest BCUT2D eigenvalue weighted by atomic mass is 32.2. The summed E-state index contributed by atoms with van der Waals surface area (Å²) >= 11 is 1.41. The highest BCUT2D eigenvalue weighted by Gasteiger charge is 2.55. The smallest absolute Gasteiger partial charge is 0.244 e. The van der Waals surface area contributed by atoms with Gasteiger partial charge in [-0.05, 0) is 73.4 Å². The molecule has 2 aliphatic heterocycles. The van der Waals surface area contributed by atoms with E-state index in [0.29, 0.717) is 18.9 Å². The van der Waals surface area contributed by atoms with Crippen molar-refractivity contribution in [1.29, 1.82) is 0 Å². The lowest BCUT2D eigenvalue weighted by Crippen LogP contribution is -2.74. The van der Waals surface area contributed by atoms with Crippen LogP contribution in [0.25, 0.3) is 0 Å². The van der Waals surface area contributed by atoms with Crippen LogP contribution in [0.15, 0.2) is 0 Å². The molecule has 244 valence electrons. The lowest BCUT2D eigenvalue weighted by atomic mass is 9.77. The number of hydrogen-bond acceptors (Lipinski definition) is 12. The third-order valence-electron chi connectivity index (χ3n) is 9.67. The van der Waals surface area contributed by atoms with Crippen LogP contribution in [0.5, 0.6) is 0 Å². The Kier molecular flexibility index (Phi) is 11.2. The number of nitrogens with zero attached hydrogens (tertiary/aromatic N) is 2. The van der Waals surface area contributed by atoms with Crippen LogP contribution in [0.4, 0.5) is 8.78 Å². The van der Waals surface area contributed by atoms with Gasteiger partial charge in [0.1, 0.15) is 17.8 Å². The Hall–Kier alpha value is -0.720. The van der Waals surface area contributed by atoms with E-state index in [1.165, 1.54) is 25.6 Å². The molecule has 0 bridgehead atoms. The van der Waals surface area contributed by atoms with Gasteiger partial charge in [0, 0.05) is 35.7 Å². The number of rotatable bonds is 10. The number of hydrogen-bond donors (Lipinski definition) is 5. The summed E-state index contributed by atoms with van der Waals surface area (Å²) in [5, 5.41) is 20.6. The van der Waals surface area contributed by atoms with Crippen molar-refractivity contribution in [3.63, 3.8) is 0 Å². The number of likely N-dealkylation sites (N-methyl/N-ethyl adjacent to an activating group) is 1. The summed E-state index contributed by atoms with van der Waals surface area (Å²) in [6.07, 6.45) is -1.80. The molecule has 0 radical (unpaired) electrons. The quantitative estimate of drug-likeness (QED) is 0.174. The summed E-state index contributed by atoms with van der Waals surface area (Å²) in [5.74, 6) is -0.999. The van der Waals surface area contributed by atoms with Gasteiger partial charge < -0.3 is 4.74 Å². The first-order valence-corrected chi connectivity index (χ1v) is 17.4. The Morgan fingerprint density at radius 1 is 1.10 bits per heavy atom. The number of nitro groups is 1. The maximum Gasteiger partial charge on any atom is 0.244 e. The van der Waals surface area contributed by atoms with E-state index < -0.39 is 54.3 Å².